The van der Waals surface area contributed by atoms with Crippen LogP contribution in [0.2, 0.25) is 39.3 Å². The molecule has 22 heavy (non-hydrogen) atoms. The molecule has 0 aromatic heterocycles. The average molecular weight is 333 g/mol. The minimum absolute atomic E-state index is 0.342. The zero-order chi connectivity index (χ0) is 17.4. The number of ether oxygens (including phenoxy) is 1. The highest BCUT2D eigenvalue weighted by Gasteiger charge is 2.22. The number of esters is 1. The third-order valence-electron chi connectivity index (χ3n) is 2.55. The van der Waals surface area contributed by atoms with Gasteiger partial charge in [0, 0.05) is 11.5 Å². The molecule has 0 N–H and O–H groups in total. The van der Waals surface area contributed by atoms with Crippen LogP contribution in [-0.2, 0) is 9.53 Å². The molecule has 0 heterocycles. The zero-order valence-corrected chi connectivity index (χ0v) is 17.0. The van der Waals surface area contributed by atoms with Crippen molar-refractivity contribution in [2.24, 2.45) is 0 Å². The monoisotopic (exact) mass is 332 g/mol. The lowest BCUT2D eigenvalue weighted by Gasteiger charge is -2.18. The number of hydrogen-bond donors (Lipinski definition) is 0. The van der Waals surface area contributed by atoms with E-state index in [1.165, 1.54) is 0 Å². The largest absolute Gasteiger partial charge is 0.456 e. The fourth-order valence-electron chi connectivity index (χ4n) is 1.62. The van der Waals surface area contributed by atoms with Gasteiger partial charge in [0.15, 0.2) is 0 Å². The Morgan fingerprint density at radius 3 is 2.09 bits per heavy atom. The van der Waals surface area contributed by atoms with Gasteiger partial charge in [-0.1, -0.05) is 57.2 Å². The summed E-state index contributed by atoms with van der Waals surface area (Å²) in [7, 11) is -3.18. The summed E-state index contributed by atoms with van der Waals surface area (Å²) in [6, 6.07) is 0. The van der Waals surface area contributed by atoms with Crippen molar-refractivity contribution in [2.45, 2.75) is 52.6 Å². The Kier molecular flexibility index (Phi) is 8.23. The number of carbonyl (C=O) groups is 1. The van der Waals surface area contributed by atoms with E-state index in [2.05, 4.69) is 69.2 Å². The molecule has 0 spiro atoms. The van der Waals surface area contributed by atoms with Gasteiger partial charge in [0.25, 0.3) is 0 Å². The van der Waals surface area contributed by atoms with Crippen LogP contribution in [0.15, 0.2) is 23.4 Å². The molecule has 0 radical (unpaired) electrons. The molecule has 0 saturated carbocycles. The van der Waals surface area contributed by atoms with Crippen LogP contribution in [0.3, 0.4) is 0 Å². The van der Waals surface area contributed by atoms with Gasteiger partial charge in [-0.3, -0.25) is 0 Å². The molecule has 0 atom stereocenters. The molecule has 0 rings (SSSR count). The number of allylic oxidation sites excluding steroid dienone is 3. The minimum atomic E-state index is -1.71. The molecular weight excluding hydrogens is 304 g/mol. The maximum absolute atomic E-state index is 11.5. The highest BCUT2D eigenvalue weighted by molar-refractivity contribution is 6.85. The maximum Gasteiger partial charge on any atom is 0.384 e. The van der Waals surface area contributed by atoms with Crippen molar-refractivity contribution in [1.82, 2.24) is 0 Å². The molecule has 0 aliphatic heterocycles. The van der Waals surface area contributed by atoms with E-state index in [1.54, 1.807) is 6.92 Å². The molecule has 0 aromatic carbocycles. The second-order valence-corrected chi connectivity index (χ2v) is 16.8. The predicted molar refractivity (Wildman–Crippen MR) is 101 cm³/mol. The average Bonchev–Trinajstić information content (AvgIpc) is 2.33. The highest BCUT2D eigenvalue weighted by Crippen LogP contribution is 2.20. The first kappa shape index (κ1) is 20.5. The van der Waals surface area contributed by atoms with Gasteiger partial charge in [-0.15, -0.1) is 12.1 Å². The van der Waals surface area contributed by atoms with E-state index in [9.17, 15) is 4.79 Å². The summed E-state index contributed by atoms with van der Waals surface area (Å²) in [5.41, 5.74) is 4.40. The van der Waals surface area contributed by atoms with E-state index < -0.39 is 22.1 Å². The van der Waals surface area contributed by atoms with E-state index in [-0.39, 0.29) is 0 Å². The van der Waals surface area contributed by atoms with Crippen LogP contribution in [0.1, 0.15) is 13.3 Å². The first-order valence-corrected chi connectivity index (χ1v) is 14.6. The third-order valence-corrected chi connectivity index (χ3v) is 5.36. The van der Waals surface area contributed by atoms with Gasteiger partial charge >= 0.3 is 5.97 Å². The number of carbonyl (C=O) groups excluding carboxylic acids is 1. The van der Waals surface area contributed by atoms with Crippen LogP contribution in [-0.4, -0.2) is 28.7 Å². The lowest BCUT2D eigenvalue weighted by molar-refractivity contribution is -0.136. The summed E-state index contributed by atoms with van der Waals surface area (Å²) in [4.78, 5) is 11.5. The Bertz CT molecular complexity index is 565. The smallest absolute Gasteiger partial charge is 0.384 e. The summed E-state index contributed by atoms with van der Waals surface area (Å²) >= 11 is 0. The molecule has 0 aromatic rings. The molecule has 0 unspecified atom stereocenters. The van der Waals surface area contributed by atoms with Gasteiger partial charge in [-0.05, 0) is 18.5 Å². The van der Waals surface area contributed by atoms with Gasteiger partial charge in [0.1, 0.15) is 8.07 Å². The quantitative estimate of drug-likeness (QED) is 0.254. The van der Waals surface area contributed by atoms with Gasteiger partial charge in [0.2, 0.25) is 0 Å². The molecule has 120 valence electrons. The maximum atomic E-state index is 11.5. The second-order valence-electron chi connectivity index (χ2n) is 7.07. The number of rotatable bonds is 4. The number of hydrogen-bond acceptors (Lipinski definition) is 2. The molecule has 0 fully saturated rings. The minimum Gasteiger partial charge on any atom is -0.456 e. The van der Waals surface area contributed by atoms with Crippen molar-refractivity contribution in [2.75, 3.05) is 6.61 Å². The van der Waals surface area contributed by atoms with Crippen LogP contribution in [0.4, 0.5) is 0 Å². The van der Waals surface area contributed by atoms with Gasteiger partial charge in [-0.25, -0.2) is 4.79 Å². The van der Waals surface area contributed by atoms with Crippen LogP contribution in [0.25, 0.3) is 0 Å². The van der Waals surface area contributed by atoms with Crippen LogP contribution in [0.5, 0.6) is 0 Å². The first-order valence-electron chi connectivity index (χ1n) is 7.57. The van der Waals surface area contributed by atoms with E-state index in [4.69, 9.17) is 4.74 Å². The van der Waals surface area contributed by atoms with Crippen LogP contribution in [0, 0.1) is 23.3 Å². The Morgan fingerprint density at radius 2 is 1.68 bits per heavy atom. The summed E-state index contributed by atoms with van der Waals surface area (Å²) in [5, 5.41) is 1.02. The Morgan fingerprint density at radius 1 is 1.09 bits per heavy atom. The van der Waals surface area contributed by atoms with E-state index >= 15 is 0 Å². The Balaban J connectivity index is 5.98. The summed E-state index contributed by atoms with van der Waals surface area (Å²) in [6.07, 6.45) is 2.54. The van der Waals surface area contributed by atoms with E-state index in [0.29, 0.717) is 13.0 Å². The van der Waals surface area contributed by atoms with Gasteiger partial charge < -0.3 is 4.74 Å². The van der Waals surface area contributed by atoms with E-state index in [1.807, 2.05) is 6.08 Å². The van der Waals surface area contributed by atoms with Crippen molar-refractivity contribution >= 4 is 22.1 Å². The SMILES string of the molecule is C=CC/C(C#C[Si](C)(C)C)=C(/C#CC(=O)OCC)[Si](C)(C)C. The van der Waals surface area contributed by atoms with Crippen LogP contribution < -0.4 is 0 Å². The summed E-state index contributed by atoms with van der Waals surface area (Å²) < 4.78 is 4.89. The second kappa shape index (κ2) is 8.83. The highest BCUT2D eigenvalue weighted by atomic mass is 28.3. The van der Waals surface area contributed by atoms with Gasteiger partial charge in [-0.2, -0.15) is 0 Å². The molecule has 2 nitrogen and oxygen atoms in total. The zero-order valence-electron chi connectivity index (χ0n) is 15.0. The van der Waals surface area contributed by atoms with Crippen LogP contribution >= 0.6 is 0 Å². The molecular formula is C18H28O2Si2. The molecule has 4 heteroatoms. The van der Waals surface area contributed by atoms with Crippen molar-refractivity contribution in [3.63, 3.8) is 0 Å². The van der Waals surface area contributed by atoms with E-state index in [0.717, 1.165) is 10.8 Å². The Hall–Kier alpha value is -1.50. The lowest BCUT2D eigenvalue weighted by atomic mass is 10.2. The topological polar surface area (TPSA) is 26.3 Å². The summed E-state index contributed by atoms with van der Waals surface area (Å²) in [6.45, 7) is 19.2. The van der Waals surface area contributed by atoms with Crippen molar-refractivity contribution < 1.29 is 9.53 Å². The molecule has 0 bridgehead atoms. The fraction of sp³-hybridized carbons (Fsp3) is 0.500. The van der Waals surface area contributed by atoms with Crippen molar-refractivity contribution in [3.8, 4) is 23.3 Å². The van der Waals surface area contributed by atoms with Crippen molar-refractivity contribution in [3.05, 3.63) is 23.4 Å². The lowest BCUT2D eigenvalue weighted by Crippen LogP contribution is -2.25. The normalized spacial score (nSPS) is 12.1. The Labute approximate surface area is 138 Å². The first-order chi connectivity index (χ1) is 10.0. The molecule has 0 amide bonds. The fourth-order valence-corrected chi connectivity index (χ4v) is 3.65. The molecule has 0 aliphatic rings. The molecule has 0 saturated heterocycles. The standard InChI is InChI=1S/C18H28O2Si2/c1-9-11-16(14-15-21(3,4)5)17(22(6,7)8)12-13-18(19)20-10-2/h9H,1,10-11H2,2-8H3/b17-16+. The third kappa shape index (κ3) is 8.72. The summed E-state index contributed by atoms with van der Waals surface area (Å²) in [5.74, 6) is 8.49. The predicted octanol–water partition coefficient (Wildman–Crippen LogP) is 4.18. The van der Waals surface area contributed by atoms with Gasteiger partial charge in [0.05, 0.1) is 14.7 Å². The molecule has 0 aliphatic carbocycles. The van der Waals surface area contributed by atoms with Crippen molar-refractivity contribution in [1.29, 1.82) is 0 Å².